The Balaban J connectivity index is 2.72. The van der Waals surface area contributed by atoms with Crippen molar-refractivity contribution in [2.24, 2.45) is 23.5 Å². The molecule has 0 aromatic heterocycles. The molecule has 0 saturated heterocycles. The zero-order valence-corrected chi connectivity index (χ0v) is 13.0. The standard InChI is InChI=1S/C14H29NO2S/c1-10(2)7-8-18(16,17)14-9-12(11(3)4)5-6-13(14)15/h10-14H,5-9,15H2,1-4H3. The van der Waals surface area contributed by atoms with Crippen LogP contribution in [0.1, 0.15) is 53.4 Å². The van der Waals surface area contributed by atoms with Gasteiger partial charge in [0.05, 0.1) is 11.0 Å². The molecule has 3 unspecified atom stereocenters. The van der Waals surface area contributed by atoms with E-state index in [1.165, 1.54) is 0 Å². The third kappa shape index (κ3) is 4.23. The third-order valence-corrected chi connectivity index (χ3v) is 6.54. The summed E-state index contributed by atoms with van der Waals surface area (Å²) in [6.45, 7) is 8.49. The maximum absolute atomic E-state index is 12.4. The van der Waals surface area contributed by atoms with Crippen LogP contribution in [0.2, 0.25) is 0 Å². The fourth-order valence-electron chi connectivity index (χ4n) is 2.75. The Hall–Kier alpha value is -0.0900. The summed E-state index contributed by atoms with van der Waals surface area (Å²) in [6.07, 6.45) is 3.45. The molecule has 4 heteroatoms. The third-order valence-electron chi connectivity index (χ3n) is 4.27. The Kier molecular flexibility index (Phi) is 5.66. The Labute approximate surface area is 112 Å². The first-order valence-corrected chi connectivity index (χ1v) is 8.92. The molecule has 108 valence electrons. The Morgan fingerprint density at radius 1 is 1.17 bits per heavy atom. The van der Waals surface area contributed by atoms with Crippen molar-refractivity contribution in [2.45, 2.75) is 64.7 Å². The minimum atomic E-state index is -3.02. The largest absolute Gasteiger partial charge is 0.327 e. The minimum Gasteiger partial charge on any atom is -0.327 e. The van der Waals surface area contributed by atoms with Gasteiger partial charge in [-0.2, -0.15) is 0 Å². The van der Waals surface area contributed by atoms with Gasteiger partial charge in [0.15, 0.2) is 9.84 Å². The van der Waals surface area contributed by atoms with Crippen molar-refractivity contribution in [2.75, 3.05) is 5.75 Å². The van der Waals surface area contributed by atoms with Gasteiger partial charge in [0.2, 0.25) is 0 Å². The van der Waals surface area contributed by atoms with Crippen LogP contribution in [0.15, 0.2) is 0 Å². The predicted molar refractivity (Wildman–Crippen MR) is 77.2 cm³/mol. The molecular weight excluding hydrogens is 246 g/mol. The van der Waals surface area contributed by atoms with Gasteiger partial charge >= 0.3 is 0 Å². The predicted octanol–water partition coefficient (Wildman–Crippen LogP) is 2.60. The van der Waals surface area contributed by atoms with Crippen molar-refractivity contribution in [3.05, 3.63) is 0 Å². The van der Waals surface area contributed by atoms with Crippen LogP contribution in [0, 0.1) is 17.8 Å². The lowest BCUT2D eigenvalue weighted by atomic mass is 9.79. The quantitative estimate of drug-likeness (QED) is 0.839. The minimum absolute atomic E-state index is 0.155. The lowest BCUT2D eigenvalue weighted by Gasteiger charge is -2.35. The molecule has 1 rings (SSSR count). The molecule has 0 amide bonds. The van der Waals surface area contributed by atoms with Crippen molar-refractivity contribution in [3.63, 3.8) is 0 Å². The van der Waals surface area contributed by atoms with E-state index in [0.29, 0.717) is 23.5 Å². The average molecular weight is 275 g/mol. The highest BCUT2D eigenvalue weighted by atomic mass is 32.2. The molecule has 18 heavy (non-hydrogen) atoms. The first kappa shape index (κ1) is 16.0. The van der Waals surface area contributed by atoms with E-state index in [-0.39, 0.29) is 11.3 Å². The fraction of sp³-hybridized carbons (Fsp3) is 1.00. The summed E-state index contributed by atoms with van der Waals surface area (Å²) in [5, 5.41) is -0.308. The van der Waals surface area contributed by atoms with Crippen molar-refractivity contribution < 1.29 is 8.42 Å². The first-order chi connectivity index (χ1) is 8.24. The fourth-order valence-corrected chi connectivity index (χ4v) is 5.07. The van der Waals surface area contributed by atoms with Crippen LogP contribution in [0.25, 0.3) is 0 Å². The second-order valence-electron chi connectivity index (χ2n) is 6.57. The molecule has 0 spiro atoms. The maximum atomic E-state index is 12.4. The van der Waals surface area contributed by atoms with Crippen molar-refractivity contribution >= 4 is 9.84 Å². The number of hydrogen-bond acceptors (Lipinski definition) is 3. The molecule has 0 aromatic rings. The van der Waals surface area contributed by atoms with Gasteiger partial charge in [-0.05, 0) is 43.4 Å². The molecule has 1 aliphatic carbocycles. The molecular formula is C14H29NO2S. The zero-order chi connectivity index (χ0) is 13.9. The van der Waals surface area contributed by atoms with Crippen LogP contribution in [0.3, 0.4) is 0 Å². The normalized spacial score (nSPS) is 30.1. The van der Waals surface area contributed by atoms with Gasteiger partial charge in [-0.15, -0.1) is 0 Å². The van der Waals surface area contributed by atoms with Crippen LogP contribution >= 0.6 is 0 Å². The summed E-state index contributed by atoms with van der Waals surface area (Å²) in [5.74, 6) is 1.80. The number of rotatable bonds is 5. The first-order valence-electron chi connectivity index (χ1n) is 7.21. The molecule has 0 aromatic carbocycles. The lowest BCUT2D eigenvalue weighted by Crippen LogP contribution is -2.46. The highest BCUT2D eigenvalue weighted by molar-refractivity contribution is 7.92. The van der Waals surface area contributed by atoms with Crippen molar-refractivity contribution in [1.82, 2.24) is 0 Å². The monoisotopic (exact) mass is 275 g/mol. The van der Waals surface area contributed by atoms with Crippen molar-refractivity contribution in [3.8, 4) is 0 Å². The summed E-state index contributed by atoms with van der Waals surface area (Å²) in [5.41, 5.74) is 6.05. The molecule has 1 saturated carbocycles. The van der Waals surface area contributed by atoms with E-state index < -0.39 is 9.84 Å². The number of hydrogen-bond donors (Lipinski definition) is 1. The second-order valence-corrected chi connectivity index (χ2v) is 8.91. The van der Waals surface area contributed by atoms with E-state index in [1.54, 1.807) is 0 Å². The molecule has 0 bridgehead atoms. The number of sulfone groups is 1. The van der Waals surface area contributed by atoms with E-state index in [4.69, 9.17) is 5.73 Å². The van der Waals surface area contributed by atoms with E-state index >= 15 is 0 Å². The summed E-state index contributed by atoms with van der Waals surface area (Å²) in [7, 11) is -3.02. The molecule has 0 aliphatic heterocycles. The zero-order valence-electron chi connectivity index (χ0n) is 12.2. The van der Waals surface area contributed by atoms with Gasteiger partial charge in [-0.3, -0.25) is 0 Å². The van der Waals surface area contributed by atoms with Gasteiger partial charge in [-0.1, -0.05) is 27.7 Å². The Morgan fingerprint density at radius 3 is 2.28 bits per heavy atom. The van der Waals surface area contributed by atoms with Crippen LogP contribution in [0.4, 0.5) is 0 Å². The summed E-state index contributed by atoms with van der Waals surface area (Å²) < 4.78 is 24.8. The van der Waals surface area contributed by atoms with Gasteiger partial charge in [-0.25, -0.2) is 8.42 Å². The van der Waals surface area contributed by atoms with Crippen LogP contribution in [-0.4, -0.2) is 25.5 Å². The Morgan fingerprint density at radius 2 is 1.78 bits per heavy atom. The second kappa shape index (κ2) is 6.38. The van der Waals surface area contributed by atoms with Crippen molar-refractivity contribution in [1.29, 1.82) is 0 Å². The Bertz CT molecular complexity index is 349. The highest BCUT2D eigenvalue weighted by Crippen LogP contribution is 2.33. The maximum Gasteiger partial charge on any atom is 0.154 e. The van der Waals surface area contributed by atoms with Crippen LogP contribution in [0.5, 0.6) is 0 Å². The molecule has 3 atom stereocenters. The molecule has 0 heterocycles. The summed E-state index contributed by atoms with van der Waals surface area (Å²) in [4.78, 5) is 0. The summed E-state index contributed by atoms with van der Waals surface area (Å²) in [6, 6.07) is -0.155. The van der Waals surface area contributed by atoms with Gasteiger partial charge < -0.3 is 5.73 Å². The SMILES string of the molecule is CC(C)CCS(=O)(=O)C1CC(C(C)C)CCC1N. The van der Waals surface area contributed by atoms with Gasteiger partial charge in [0.1, 0.15) is 0 Å². The highest BCUT2D eigenvalue weighted by Gasteiger charge is 2.37. The smallest absolute Gasteiger partial charge is 0.154 e. The number of nitrogens with two attached hydrogens (primary N) is 1. The van der Waals surface area contributed by atoms with E-state index in [2.05, 4.69) is 27.7 Å². The van der Waals surface area contributed by atoms with E-state index in [9.17, 15) is 8.42 Å². The molecule has 1 fully saturated rings. The molecule has 3 nitrogen and oxygen atoms in total. The van der Waals surface area contributed by atoms with Crippen LogP contribution in [-0.2, 0) is 9.84 Å². The average Bonchev–Trinajstić information content (AvgIpc) is 2.26. The van der Waals surface area contributed by atoms with Crippen LogP contribution < -0.4 is 5.73 Å². The topological polar surface area (TPSA) is 60.2 Å². The molecule has 2 N–H and O–H groups in total. The van der Waals surface area contributed by atoms with E-state index in [1.807, 2.05) is 0 Å². The van der Waals surface area contributed by atoms with Gasteiger partial charge in [0.25, 0.3) is 0 Å². The lowest BCUT2D eigenvalue weighted by molar-refractivity contribution is 0.261. The molecule has 1 aliphatic rings. The molecule has 0 radical (unpaired) electrons. The summed E-state index contributed by atoms with van der Waals surface area (Å²) >= 11 is 0. The van der Waals surface area contributed by atoms with Gasteiger partial charge in [0, 0.05) is 6.04 Å². The van der Waals surface area contributed by atoms with E-state index in [0.717, 1.165) is 25.7 Å².